The molecule has 1 aliphatic carbocycles. The van der Waals surface area contributed by atoms with Crippen molar-refractivity contribution in [2.45, 2.75) is 0 Å². The highest BCUT2D eigenvalue weighted by Gasteiger charge is 2.30. The van der Waals surface area contributed by atoms with Gasteiger partial charge in [0.1, 0.15) is 17.5 Å². The number of hydrogen-bond acceptors (Lipinski definition) is 3. The lowest BCUT2D eigenvalue weighted by molar-refractivity contribution is 0.669. The summed E-state index contributed by atoms with van der Waals surface area (Å²) in [5.74, 6) is 0.810. The fraction of sp³-hybridized carbons (Fsp3) is 0. The van der Waals surface area contributed by atoms with Gasteiger partial charge in [-0.2, -0.15) is 0 Å². The standard InChI is InChI=1S/C30H17N3O/c1-2-10-19(11-3-1)33-17-31-32-30(33)29-27-22-14-7-9-18-8-6-13-20(26(18)22)23(27)16-25-28(29)21-12-4-5-15-24(21)34-25/h1-17H. The molecule has 4 heteroatoms. The molecule has 0 atom stereocenters. The maximum absolute atomic E-state index is 6.40. The van der Waals surface area contributed by atoms with Crippen molar-refractivity contribution in [2.75, 3.05) is 0 Å². The third-order valence-electron chi connectivity index (χ3n) is 6.94. The van der Waals surface area contributed by atoms with Crippen molar-refractivity contribution < 1.29 is 4.42 Å². The number of hydrogen-bond donors (Lipinski definition) is 0. The van der Waals surface area contributed by atoms with Gasteiger partial charge in [-0.05, 0) is 51.7 Å². The maximum atomic E-state index is 6.40. The smallest absolute Gasteiger partial charge is 0.169 e. The van der Waals surface area contributed by atoms with E-state index in [9.17, 15) is 0 Å². The molecule has 0 spiro atoms. The third kappa shape index (κ3) is 2.22. The molecule has 5 aromatic carbocycles. The molecule has 0 aliphatic heterocycles. The molecule has 2 heterocycles. The van der Waals surface area contributed by atoms with Gasteiger partial charge >= 0.3 is 0 Å². The fourth-order valence-electron chi connectivity index (χ4n) is 5.56. The second-order valence-corrected chi connectivity index (χ2v) is 8.71. The predicted octanol–water partition coefficient (Wildman–Crippen LogP) is 7.63. The summed E-state index contributed by atoms with van der Waals surface area (Å²) in [6.07, 6.45) is 1.79. The quantitative estimate of drug-likeness (QED) is 0.280. The van der Waals surface area contributed by atoms with Crippen LogP contribution in [-0.2, 0) is 0 Å². The van der Waals surface area contributed by atoms with Gasteiger partial charge in [-0.15, -0.1) is 10.2 Å². The van der Waals surface area contributed by atoms with E-state index in [0.717, 1.165) is 39.0 Å². The van der Waals surface area contributed by atoms with Gasteiger partial charge < -0.3 is 4.42 Å². The van der Waals surface area contributed by atoms with E-state index in [1.807, 2.05) is 30.3 Å². The Bertz CT molecular complexity index is 1910. The van der Waals surface area contributed by atoms with Crippen molar-refractivity contribution in [3.63, 3.8) is 0 Å². The average Bonchev–Trinajstić information content (AvgIpc) is 3.60. The fourth-order valence-corrected chi connectivity index (χ4v) is 5.56. The molecule has 0 fully saturated rings. The summed E-state index contributed by atoms with van der Waals surface area (Å²) < 4.78 is 8.47. The number of furan rings is 1. The summed E-state index contributed by atoms with van der Waals surface area (Å²) in [5, 5.41) is 13.7. The van der Waals surface area contributed by atoms with Crippen LogP contribution in [0.4, 0.5) is 0 Å². The summed E-state index contributed by atoms with van der Waals surface area (Å²) in [5.41, 5.74) is 8.65. The summed E-state index contributed by atoms with van der Waals surface area (Å²) in [6, 6.07) is 33.7. The van der Waals surface area contributed by atoms with Crippen molar-refractivity contribution in [2.24, 2.45) is 0 Å². The van der Waals surface area contributed by atoms with Crippen LogP contribution in [-0.4, -0.2) is 14.8 Å². The zero-order chi connectivity index (χ0) is 22.2. The minimum atomic E-state index is 0.810. The van der Waals surface area contributed by atoms with Crippen LogP contribution in [0.5, 0.6) is 0 Å². The van der Waals surface area contributed by atoms with Crippen molar-refractivity contribution in [1.29, 1.82) is 0 Å². The highest BCUT2D eigenvalue weighted by atomic mass is 16.3. The van der Waals surface area contributed by atoms with E-state index in [1.165, 1.54) is 33.0 Å². The first-order chi connectivity index (χ1) is 16.9. The van der Waals surface area contributed by atoms with Crippen molar-refractivity contribution in [1.82, 2.24) is 14.8 Å². The monoisotopic (exact) mass is 435 g/mol. The Labute approximate surface area is 194 Å². The second kappa shape index (κ2) is 6.42. The topological polar surface area (TPSA) is 43.9 Å². The van der Waals surface area contributed by atoms with E-state index < -0.39 is 0 Å². The van der Waals surface area contributed by atoms with Crippen LogP contribution in [0.15, 0.2) is 108 Å². The van der Waals surface area contributed by atoms with Gasteiger partial charge in [-0.25, -0.2) is 0 Å². The van der Waals surface area contributed by atoms with Crippen molar-refractivity contribution in [3.8, 4) is 39.3 Å². The molecule has 8 rings (SSSR count). The summed E-state index contributed by atoms with van der Waals surface area (Å²) in [4.78, 5) is 0. The van der Waals surface area contributed by atoms with E-state index >= 15 is 0 Å². The molecule has 0 N–H and O–H groups in total. The molecule has 1 aliphatic rings. The Kier molecular flexibility index (Phi) is 3.36. The van der Waals surface area contributed by atoms with E-state index in [1.54, 1.807) is 6.33 Å². The molecule has 0 bridgehead atoms. The van der Waals surface area contributed by atoms with Crippen LogP contribution < -0.4 is 0 Å². The van der Waals surface area contributed by atoms with E-state index in [0.29, 0.717) is 0 Å². The lowest BCUT2D eigenvalue weighted by Gasteiger charge is -2.13. The molecule has 7 aromatic rings. The van der Waals surface area contributed by atoms with Crippen LogP contribution in [0.2, 0.25) is 0 Å². The van der Waals surface area contributed by atoms with Gasteiger partial charge in [0, 0.05) is 27.6 Å². The molecule has 158 valence electrons. The average molecular weight is 435 g/mol. The first-order valence-corrected chi connectivity index (χ1v) is 11.3. The van der Waals surface area contributed by atoms with E-state index in [4.69, 9.17) is 4.42 Å². The number of para-hydroxylation sites is 2. The Morgan fingerprint density at radius 3 is 2.29 bits per heavy atom. The van der Waals surface area contributed by atoms with Crippen LogP contribution in [0.1, 0.15) is 0 Å². The third-order valence-corrected chi connectivity index (χ3v) is 6.94. The van der Waals surface area contributed by atoms with Crippen molar-refractivity contribution in [3.05, 3.63) is 103 Å². The molecule has 0 unspecified atom stereocenters. The largest absolute Gasteiger partial charge is 0.456 e. The number of rotatable bonds is 2. The molecule has 2 aromatic heterocycles. The molecule has 0 saturated heterocycles. The number of benzene rings is 5. The normalized spacial score (nSPS) is 12.1. The zero-order valence-corrected chi connectivity index (χ0v) is 18.1. The molecule has 0 saturated carbocycles. The minimum absolute atomic E-state index is 0.810. The summed E-state index contributed by atoms with van der Waals surface area (Å²) in [7, 11) is 0. The lowest BCUT2D eigenvalue weighted by atomic mass is 9.93. The van der Waals surface area contributed by atoms with Crippen LogP contribution in [0.3, 0.4) is 0 Å². The van der Waals surface area contributed by atoms with Crippen LogP contribution in [0.25, 0.3) is 72.0 Å². The highest BCUT2D eigenvalue weighted by molar-refractivity contribution is 6.25. The molecule has 0 radical (unpaired) electrons. The van der Waals surface area contributed by atoms with Crippen molar-refractivity contribution >= 4 is 32.7 Å². The van der Waals surface area contributed by atoms with Crippen LogP contribution >= 0.6 is 0 Å². The predicted molar refractivity (Wildman–Crippen MR) is 136 cm³/mol. The Morgan fingerprint density at radius 1 is 0.618 bits per heavy atom. The van der Waals surface area contributed by atoms with E-state index in [2.05, 4.69) is 81.5 Å². The Morgan fingerprint density at radius 2 is 1.41 bits per heavy atom. The Balaban J connectivity index is 1.60. The second-order valence-electron chi connectivity index (χ2n) is 8.71. The summed E-state index contributed by atoms with van der Waals surface area (Å²) in [6.45, 7) is 0. The van der Waals surface area contributed by atoms with Crippen LogP contribution in [0, 0.1) is 0 Å². The highest BCUT2D eigenvalue weighted by Crippen LogP contribution is 2.54. The van der Waals surface area contributed by atoms with Gasteiger partial charge in [0.25, 0.3) is 0 Å². The first kappa shape index (κ1) is 17.8. The van der Waals surface area contributed by atoms with Gasteiger partial charge in [0.2, 0.25) is 0 Å². The first-order valence-electron chi connectivity index (χ1n) is 11.3. The number of aromatic nitrogens is 3. The molecule has 0 amide bonds. The molecule has 4 nitrogen and oxygen atoms in total. The molecular formula is C30H17N3O. The Hall–Kier alpha value is -4.70. The molecule has 34 heavy (non-hydrogen) atoms. The summed E-state index contributed by atoms with van der Waals surface area (Å²) >= 11 is 0. The molecular weight excluding hydrogens is 418 g/mol. The maximum Gasteiger partial charge on any atom is 0.169 e. The zero-order valence-electron chi connectivity index (χ0n) is 18.1. The van der Waals surface area contributed by atoms with Gasteiger partial charge in [0.05, 0.1) is 0 Å². The van der Waals surface area contributed by atoms with E-state index in [-0.39, 0.29) is 0 Å². The SMILES string of the molecule is c1ccc(-n2cnnc2-c2c3c(cc4oc5ccccc5c24)-c2cccc4cccc-3c24)cc1. The lowest BCUT2D eigenvalue weighted by Crippen LogP contribution is -1.98. The number of fused-ring (bicyclic) bond motifs is 6. The minimum Gasteiger partial charge on any atom is -0.456 e. The van der Waals surface area contributed by atoms with Gasteiger partial charge in [0.15, 0.2) is 5.82 Å². The van der Waals surface area contributed by atoms with Gasteiger partial charge in [-0.1, -0.05) is 72.8 Å². The van der Waals surface area contributed by atoms with Gasteiger partial charge in [-0.3, -0.25) is 4.57 Å². The number of nitrogens with zero attached hydrogens (tertiary/aromatic N) is 3.